The van der Waals surface area contributed by atoms with Gasteiger partial charge in [-0.3, -0.25) is 4.79 Å². The van der Waals surface area contributed by atoms with Gasteiger partial charge in [0.1, 0.15) is 10.8 Å². The Morgan fingerprint density at radius 3 is 2.52 bits per heavy atom. The lowest BCUT2D eigenvalue weighted by Crippen LogP contribution is -2.13. The van der Waals surface area contributed by atoms with E-state index in [1.54, 1.807) is 11.6 Å². The third-order valence-corrected chi connectivity index (χ3v) is 6.02. The number of carbonyl (C=O) groups is 1. The Morgan fingerprint density at radius 1 is 1.06 bits per heavy atom. The molecule has 0 atom stereocenters. The molecular formula is C23H19N5O2S. The number of nitrogens with one attached hydrogen (secondary N) is 1. The van der Waals surface area contributed by atoms with Gasteiger partial charge in [0.2, 0.25) is 4.96 Å². The Kier molecular flexibility index (Phi) is 4.83. The zero-order valence-electron chi connectivity index (χ0n) is 17.0. The molecule has 0 bridgehead atoms. The van der Waals surface area contributed by atoms with Crippen molar-refractivity contribution in [1.82, 2.24) is 19.8 Å². The van der Waals surface area contributed by atoms with E-state index in [1.807, 2.05) is 67.6 Å². The van der Waals surface area contributed by atoms with Crippen molar-refractivity contribution in [3.05, 3.63) is 72.1 Å². The van der Waals surface area contributed by atoms with E-state index in [0.717, 1.165) is 38.5 Å². The summed E-state index contributed by atoms with van der Waals surface area (Å²) < 4.78 is 7.23. The molecule has 1 amide bonds. The number of methoxy groups -OCH3 is 1. The van der Waals surface area contributed by atoms with Crippen LogP contribution in [-0.4, -0.2) is 32.8 Å². The fraction of sp³-hybridized carbons (Fsp3) is 0.130. The van der Waals surface area contributed by atoms with E-state index in [4.69, 9.17) is 4.74 Å². The number of benzene rings is 3. The van der Waals surface area contributed by atoms with Gasteiger partial charge in [0, 0.05) is 17.7 Å². The summed E-state index contributed by atoms with van der Waals surface area (Å²) in [5.74, 6) is 1.16. The molecule has 8 heteroatoms. The number of hydrogen-bond acceptors (Lipinski definition) is 6. The molecule has 0 unspecified atom stereocenters. The molecule has 5 aromatic rings. The fourth-order valence-corrected chi connectivity index (χ4v) is 4.32. The van der Waals surface area contributed by atoms with E-state index >= 15 is 0 Å². The molecule has 0 fully saturated rings. The smallest absolute Gasteiger partial charge is 0.259 e. The molecule has 0 aliphatic rings. The summed E-state index contributed by atoms with van der Waals surface area (Å²) >= 11 is 1.48. The predicted molar refractivity (Wildman–Crippen MR) is 122 cm³/mol. The highest BCUT2D eigenvalue weighted by Crippen LogP contribution is 2.29. The highest BCUT2D eigenvalue weighted by atomic mass is 32.1. The van der Waals surface area contributed by atoms with Crippen LogP contribution in [0.15, 0.2) is 60.7 Å². The first-order valence-electron chi connectivity index (χ1n) is 9.86. The molecule has 5 rings (SSSR count). The third kappa shape index (κ3) is 3.51. The molecule has 0 radical (unpaired) electrons. The molecule has 0 aliphatic heterocycles. The van der Waals surface area contributed by atoms with Crippen molar-refractivity contribution in [3.8, 4) is 16.3 Å². The van der Waals surface area contributed by atoms with Crippen molar-refractivity contribution in [2.75, 3.05) is 12.4 Å². The third-order valence-electron chi connectivity index (χ3n) is 5.07. The van der Waals surface area contributed by atoms with Crippen LogP contribution < -0.4 is 10.1 Å². The minimum atomic E-state index is -0.221. The Hall–Kier alpha value is -3.78. The first-order chi connectivity index (χ1) is 15.2. The van der Waals surface area contributed by atoms with E-state index in [-0.39, 0.29) is 5.91 Å². The summed E-state index contributed by atoms with van der Waals surface area (Å²) in [5, 5.41) is 18.7. The van der Waals surface area contributed by atoms with Gasteiger partial charge in [-0.1, -0.05) is 42.5 Å². The van der Waals surface area contributed by atoms with Gasteiger partial charge in [0.15, 0.2) is 5.82 Å². The minimum Gasteiger partial charge on any atom is -0.496 e. The maximum atomic E-state index is 12.9. The molecular weight excluding hydrogens is 410 g/mol. The second-order valence-electron chi connectivity index (χ2n) is 7.00. The Morgan fingerprint density at radius 2 is 1.81 bits per heavy atom. The number of carbonyl (C=O) groups excluding carboxylic acids is 1. The lowest BCUT2D eigenvalue weighted by Gasteiger charge is -2.11. The summed E-state index contributed by atoms with van der Waals surface area (Å²) in [6.45, 7) is 2.03. The fourth-order valence-electron chi connectivity index (χ4n) is 3.45. The molecule has 2 aromatic heterocycles. The second kappa shape index (κ2) is 7.81. The first kappa shape index (κ1) is 19.2. The average molecular weight is 430 g/mol. The van der Waals surface area contributed by atoms with Crippen LogP contribution in [0.1, 0.15) is 23.1 Å². The molecule has 0 saturated heterocycles. The molecule has 2 heterocycles. The van der Waals surface area contributed by atoms with Crippen LogP contribution in [0.2, 0.25) is 0 Å². The van der Waals surface area contributed by atoms with Crippen LogP contribution in [0.25, 0.3) is 26.3 Å². The number of aromatic nitrogens is 4. The van der Waals surface area contributed by atoms with Crippen molar-refractivity contribution < 1.29 is 9.53 Å². The zero-order valence-corrected chi connectivity index (χ0v) is 17.8. The van der Waals surface area contributed by atoms with Crippen molar-refractivity contribution in [1.29, 1.82) is 0 Å². The molecule has 1 N–H and O–H groups in total. The largest absolute Gasteiger partial charge is 0.496 e. The summed E-state index contributed by atoms with van der Waals surface area (Å²) in [7, 11) is 1.57. The van der Waals surface area contributed by atoms with Gasteiger partial charge < -0.3 is 10.1 Å². The van der Waals surface area contributed by atoms with Gasteiger partial charge in [-0.15, -0.1) is 10.2 Å². The molecule has 0 saturated carbocycles. The van der Waals surface area contributed by atoms with Crippen molar-refractivity contribution >= 4 is 38.7 Å². The van der Waals surface area contributed by atoms with E-state index < -0.39 is 0 Å². The van der Waals surface area contributed by atoms with E-state index in [9.17, 15) is 4.79 Å². The molecule has 0 aliphatic carbocycles. The average Bonchev–Trinajstić information content (AvgIpc) is 3.39. The number of ether oxygens (including phenoxy) is 1. The zero-order chi connectivity index (χ0) is 21.4. The number of anilines is 1. The molecule has 3 aromatic carbocycles. The van der Waals surface area contributed by atoms with Crippen LogP contribution in [0.3, 0.4) is 0 Å². The molecule has 0 spiro atoms. The highest BCUT2D eigenvalue weighted by Gasteiger charge is 2.15. The number of fused-ring (bicyclic) bond motifs is 2. The Balaban J connectivity index is 1.39. The van der Waals surface area contributed by atoms with E-state index in [2.05, 4.69) is 20.6 Å². The number of aryl methyl sites for hydroxylation is 1. The van der Waals surface area contributed by atoms with Gasteiger partial charge >= 0.3 is 0 Å². The van der Waals surface area contributed by atoms with Gasteiger partial charge in [-0.2, -0.15) is 9.61 Å². The normalized spacial score (nSPS) is 11.2. The minimum absolute atomic E-state index is 0.221. The summed E-state index contributed by atoms with van der Waals surface area (Å²) in [5.41, 5.74) is 2.14. The van der Waals surface area contributed by atoms with Crippen LogP contribution in [0, 0.1) is 0 Å². The Labute approximate surface area is 182 Å². The van der Waals surface area contributed by atoms with Gasteiger partial charge in [0.05, 0.1) is 12.7 Å². The topological polar surface area (TPSA) is 81.4 Å². The lowest BCUT2D eigenvalue weighted by atomic mass is 10.1. The van der Waals surface area contributed by atoms with Crippen molar-refractivity contribution in [3.63, 3.8) is 0 Å². The van der Waals surface area contributed by atoms with Crippen molar-refractivity contribution in [2.45, 2.75) is 13.3 Å². The number of hydrogen-bond donors (Lipinski definition) is 1. The van der Waals surface area contributed by atoms with E-state index in [0.29, 0.717) is 17.0 Å². The van der Waals surface area contributed by atoms with E-state index in [1.165, 1.54) is 11.3 Å². The first-order valence-corrected chi connectivity index (χ1v) is 10.7. The second-order valence-corrected chi connectivity index (χ2v) is 7.96. The summed E-state index contributed by atoms with van der Waals surface area (Å²) in [6.07, 6.45) is 0.771. The maximum absolute atomic E-state index is 12.9. The van der Waals surface area contributed by atoms with Gasteiger partial charge in [-0.05, 0) is 47.2 Å². The van der Waals surface area contributed by atoms with Crippen LogP contribution in [-0.2, 0) is 6.42 Å². The van der Waals surface area contributed by atoms with Gasteiger partial charge in [-0.25, -0.2) is 0 Å². The van der Waals surface area contributed by atoms with Gasteiger partial charge in [0.25, 0.3) is 5.91 Å². The quantitative estimate of drug-likeness (QED) is 0.433. The molecule has 154 valence electrons. The number of rotatable bonds is 5. The number of amides is 1. The SMILES string of the molecule is CCc1nnc2sc(-c3ccc(NC(=O)c4cc5ccccc5cc4OC)cc3)nn12. The standard InChI is InChI=1S/C23H19N5O2S/c1-3-20-25-26-23-28(20)27-22(31-23)14-8-10-17(11-9-14)24-21(29)18-12-15-6-4-5-7-16(15)13-19(18)30-2/h4-13H,3H2,1-2H3,(H,24,29). The summed E-state index contributed by atoms with van der Waals surface area (Å²) in [6, 6.07) is 19.2. The monoisotopic (exact) mass is 429 g/mol. The van der Waals surface area contributed by atoms with Crippen molar-refractivity contribution in [2.24, 2.45) is 0 Å². The summed E-state index contributed by atoms with van der Waals surface area (Å²) in [4.78, 5) is 13.7. The molecule has 7 nitrogen and oxygen atoms in total. The predicted octanol–water partition coefficient (Wildman–Crippen LogP) is 4.83. The maximum Gasteiger partial charge on any atom is 0.259 e. The van der Waals surface area contributed by atoms with Crippen LogP contribution in [0.4, 0.5) is 5.69 Å². The number of nitrogens with zero attached hydrogens (tertiary/aromatic N) is 4. The molecule has 31 heavy (non-hydrogen) atoms. The highest BCUT2D eigenvalue weighted by molar-refractivity contribution is 7.19. The lowest BCUT2D eigenvalue weighted by molar-refractivity contribution is 0.102. The van der Waals surface area contributed by atoms with Crippen LogP contribution in [0.5, 0.6) is 5.75 Å². The van der Waals surface area contributed by atoms with Crippen LogP contribution >= 0.6 is 11.3 Å². The Bertz CT molecular complexity index is 1410.